The Kier molecular flexibility index (Phi) is 5.51. The van der Waals surface area contributed by atoms with Gasteiger partial charge in [0, 0.05) is 29.0 Å². The fraction of sp³-hybridized carbons (Fsp3) is 0.0741. The van der Waals surface area contributed by atoms with E-state index in [-0.39, 0.29) is 11.1 Å². The quantitative estimate of drug-likeness (QED) is 0.398. The van der Waals surface area contributed by atoms with E-state index in [1.807, 2.05) is 6.07 Å². The number of aromatic nitrogens is 3. The molecule has 174 valence electrons. The van der Waals surface area contributed by atoms with Gasteiger partial charge in [0.1, 0.15) is 0 Å². The molecule has 0 saturated carbocycles. The molecular formula is C27H19ClN3O4-. The van der Waals surface area contributed by atoms with Crippen molar-refractivity contribution in [1.82, 2.24) is 14.5 Å². The monoisotopic (exact) mass is 484 g/mol. The van der Waals surface area contributed by atoms with Crippen molar-refractivity contribution in [2.75, 3.05) is 0 Å². The predicted octanol–water partition coefficient (Wildman–Crippen LogP) is 3.23. The van der Waals surface area contributed by atoms with E-state index in [0.29, 0.717) is 38.3 Å². The first-order valence-corrected chi connectivity index (χ1v) is 11.1. The Morgan fingerprint density at radius 2 is 1.80 bits per heavy atom. The van der Waals surface area contributed by atoms with Crippen molar-refractivity contribution in [2.45, 2.75) is 5.60 Å². The van der Waals surface area contributed by atoms with Gasteiger partial charge < -0.3 is 24.6 Å². The number of carbonyl (C=O) groups excluding carboxylic acids is 1. The highest BCUT2D eigenvalue weighted by atomic mass is 35.5. The van der Waals surface area contributed by atoms with E-state index in [1.165, 1.54) is 18.2 Å². The summed E-state index contributed by atoms with van der Waals surface area (Å²) in [6.07, 6.45) is 3.13. The van der Waals surface area contributed by atoms with Gasteiger partial charge in [-0.3, -0.25) is 4.79 Å². The second kappa shape index (κ2) is 8.54. The molecule has 5 aromatic rings. The van der Waals surface area contributed by atoms with Gasteiger partial charge in [-0.1, -0.05) is 54.1 Å². The topological polar surface area (TPSA) is 111 Å². The van der Waals surface area contributed by atoms with Gasteiger partial charge in [-0.25, -0.2) is 4.98 Å². The third kappa shape index (κ3) is 3.90. The van der Waals surface area contributed by atoms with Crippen LogP contribution in [-0.4, -0.2) is 25.6 Å². The zero-order valence-corrected chi connectivity index (χ0v) is 19.3. The molecular weight excluding hydrogens is 466 g/mol. The lowest BCUT2D eigenvalue weighted by atomic mass is 9.82. The van der Waals surface area contributed by atoms with Crippen LogP contribution < -0.4 is 10.7 Å². The molecule has 3 aromatic carbocycles. The van der Waals surface area contributed by atoms with Crippen LogP contribution in [0, 0.1) is 0 Å². The highest BCUT2D eigenvalue weighted by Gasteiger charge is 2.37. The Morgan fingerprint density at radius 1 is 1.06 bits per heavy atom. The number of carboxylic acid groups (broad SMARTS) is 1. The minimum atomic E-state index is -1.67. The summed E-state index contributed by atoms with van der Waals surface area (Å²) in [6, 6.07) is 19.8. The van der Waals surface area contributed by atoms with Crippen LogP contribution in [0.2, 0.25) is 5.02 Å². The highest BCUT2D eigenvalue weighted by Crippen LogP contribution is 2.39. The maximum Gasteiger partial charge on any atom is 0.249 e. The lowest BCUT2D eigenvalue weighted by molar-refractivity contribution is -0.255. The van der Waals surface area contributed by atoms with Crippen LogP contribution in [0.1, 0.15) is 27.2 Å². The SMILES string of the molecule is Cn1cncc1C(O)(c1ccc(C(=O)[O-])cc1)c1ccc2[nH]c(=O)cc(-c3cccc(Cl)c3)c2c1. The minimum Gasteiger partial charge on any atom is -0.545 e. The summed E-state index contributed by atoms with van der Waals surface area (Å²) in [5.41, 5.74) is 1.50. The Bertz CT molecular complexity index is 1640. The fourth-order valence-corrected chi connectivity index (χ4v) is 4.58. The number of aliphatic hydroxyl groups is 1. The number of imidazole rings is 1. The number of fused-ring (bicyclic) bond motifs is 1. The van der Waals surface area contributed by atoms with Gasteiger partial charge in [0.15, 0.2) is 5.60 Å². The number of H-pyrrole nitrogens is 1. The van der Waals surface area contributed by atoms with Crippen molar-refractivity contribution < 1.29 is 15.0 Å². The van der Waals surface area contributed by atoms with Gasteiger partial charge in [-0.15, -0.1) is 0 Å². The summed E-state index contributed by atoms with van der Waals surface area (Å²) in [6.45, 7) is 0. The third-order valence-corrected chi connectivity index (χ3v) is 6.36. The van der Waals surface area contributed by atoms with Crippen molar-refractivity contribution in [3.8, 4) is 11.1 Å². The largest absolute Gasteiger partial charge is 0.545 e. The maximum atomic E-state index is 12.4. The average molecular weight is 485 g/mol. The molecule has 0 amide bonds. The summed E-state index contributed by atoms with van der Waals surface area (Å²) < 4.78 is 1.70. The highest BCUT2D eigenvalue weighted by molar-refractivity contribution is 6.30. The number of carbonyl (C=O) groups is 1. The summed E-state index contributed by atoms with van der Waals surface area (Å²) >= 11 is 6.21. The molecule has 1 unspecified atom stereocenters. The molecule has 0 radical (unpaired) electrons. The summed E-state index contributed by atoms with van der Waals surface area (Å²) in [7, 11) is 1.76. The van der Waals surface area contributed by atoms with Crippen LogP contribution in [0.15, 0.2) is 90.1 Å². The first-order valence-electron chi connectivity index (χ1n) is 10.7. The summed E-state index contributed by atoms with van der Waals surface area (Å²) in [4.78, 5) is 30.6. The first kappa shape index (κ1) is 22.6. The number of aryl methyl sites for hydroxylation is 1. The number of rotatable bonds is 5. The molecule has 0 fully saturated rings. The maximum absolute atomic E-state index is 12.4. The number of pyridine rings is 1. The van der Waals surface area contributed by atoms with Crippen LogP contribution in [-0.2, 0) is 12.6 Å². The molecule has 2 aromatic heterocycles. The first-order chi connectivity index (χ1) is 16.8. The van der Waals surface area contributed by atoms with Crippen LogP contribution in [0.5, 0.6) is 0 Å². The van der Waals surface area contributed by atoms with Crippen molar-refractivity contribution in [3.05, 3.63) is 123 Å². The fourth-order valence-electron chi connectivity index (χ4n) is 4.39. The molecule has 0 aliphatic heterocycles. The van der Waals surface area contributed by atoms with E-state index in [4.69, 9.17) is 11.6 Å². The van der Waals surface area contributed by atoms with Gasteiger partial charge in [-0.2, -0.15) is 0 Å². The summed E-state index contributed by atoms with van der Waals surface area (Å²) in [5, 5.41) is 24.7. The van der Waals surface area contributed by atoms with Gasteiger partial charge in [-0.05, 0) is 52.1 Å². The van der Waals surface area contributed by atoms with Gasteiger partial charge in [0.2, 0.25) is 5.56 Å². The number of carboxylic acids is 1. The van der Waals surface area contributed by atoms with Gasteiger partial charge in [0.05, 0.1) is 24.2 Å². The van der Waals surface area contributed by atoms with Crippen molar-refractivity contribution >= 4 is 28.5 Å². The van der Waals surface area contributed by atoms with Crippen molar-refractivity contribution in [2.24, 2.45) is 7.05 Å². The van der Waals surface area contributed by atoms with E-state index >= 15 is 0 Å². The Labute approximate surface area is 204 Å². The molecule has 7 nitrogen and oxygen atoms in total. The zero-order valence-electron chi connectivity index (χ0n) is 18.5. The third-order valence-electron chi connectivity index (χ3n) is 6.12. The number of hydrogen-bond donors (Lipinski definition) is 2. The van der Waals surface area contributed by atoms with Crippen LogP contribution in [0.3, 0.4) is 0 Å². The number of aromatic carboxylic acids is 1. The van der Waals surface area contributed by atoms with E-state index in [9.17, 15) is 19.8 Å². The second-order valence-corrected chi connectivity index (χ2v) is 8.72. The molecule has 0 saturated heterocycles. The Balaban J connectivity index is 1.79. The molecule has 1 atom stereocenters. The molecule has 0 spiro atoms. The Hall–Kier alpha value is -4.20. The predicted molar refractivity (Wildman–Crippen MR) is 131 cm³/mol. The summed E-state index contributed by atoms with van der Waals surface area (Å²) in [5.74, 6) is -1.30. The zero-order chi connectivity index (χ0) is 24.7. The van der Waals surface area contributed by atoms with E-state index in [2.05, 4.69) is 9.97 Å². The average Bonchev–Trinajstić information content (AvgIpc) is 3.29. The second-order valence-electron chi connectivity index (χ2n) is 8.28. The standard InChI is InChI=1S/C27H20ClN3O4/c1-31-15-29-14-24(31)27(35,18-7-5-16(6-8-18)26(33)34)19-9-10-23-22(12-19)21(13-25(32)30-23)17-3-2-4-20(28)11-17/h2-15,35H,1H3,(H,30,32)(H,33,34)/p-1. The van der Waals surface area contributed by atoms with E-state index < -0.39 is 11.6 Å². The number of halogens is 1. The number of benzene rings is 3. The van der Waals surface area contributed by atoms with Crippen molar-refractivity contribution in [1.29, 1.82) is 0 Å². The molecule has 35 heavy (non-hydrogen) atoms. The van der Waals surface area contributed by atoms with Crippen LogP contribution in [0.25, 0.3) is 22.0 Å². The molecule has 8 heteroatoms. The lowest BCUT2D eigenvalue weighted by Gasteiger charge is -2.30. The molecule has 5 rings (SSSR count). The van der Waals surface area contributed by atoms with E-state index in [0.717, 1.165) is 5.56 Å². The Morgan fingerprint density at radius 3 is 2.46 bits per heavy atom. The molecule has 2 N–H and O–H groups in total. The lowest BCUT2D eigenvalue weighted by Crippen LogP contribution is -2.31. The number of nitrogens with one attached hydrogen (secondary N) is 1. The molecule has 0 aliphatic carbocycles. The minimum absolute atomic E-state index is 0.000403. The van der Waals surface area contributed by atoms with Crippen LogP contribution >= 0.6 is 11.6 Å². The van der Waals surface area contributed by atoms with Crippen LogP contribution in [0.4, 0.5) is 0 Å². The number of aromatic amines is 1. The molecule has 0 aliphatic rings. The number of nitrogens with zero attached hydrogens (tertiary/aromatic N) is 2. The van der Waals surface area contributed by atoms with Gasteiger partial charge >= 0.3 is 0 Å². The smallest absolute Gasteiger partial charge is 0.249 e. The van der Waals surface area contributed by atoms with E-state index in [1.54, 1.807) is 72.7 Å². The molecule has 2 heterocycles. The van der Waals surface area contributed by atoms with Gasteiger partial charge in [0.25, 0.3) is 0 Å². The normalized spacial score (nSPS) is 13.0. The number of hydrogen-bond acceptors (Lipinski definition) is 5. The van der Waals surface area contributed by atoms with Crippen molar-refractivity contribution in [3.63, 3.8) is 0 Å². The molecule has 0 bridgehead atoms.